The minimum absolute atomic E-state index is 0.0919. The molecule has 2 atom stereocenters. The second-order valence-corrected chi connectivity index (χ2v) is 5.59. The first kappa shape index (κ1) is 13.6. The molecule has 0 radical (unpaired) electrons. The van der Waals surface area contributed by atoms with Crippen LogP contribution >= 0.6 is 0 Å². The summed E-state index contributed by atoms with van der Waals surface area (Å²) in [5.74, 6) is 0.529. The molecule has 2 nitrogen and oxygen atoms in total. The fraction of sp³-hybridized carbons (Fsp3) is 0.625. The van der Waals surface area contributed by atoms with E-state index in [1.54, 1.807) is 0 Å². The third-order valence-corrected chi connectivity index (χ3v) is 4.39. The van der Waals surface area contributed by atoms with Gasteiger partial charge in [0.05, 0.1) is 6.10 Å². The normalized spacial score (nSPS) is 20.6. The number of aryl methyl sites for hydroxylation is 1. The number of hydrogen-bond acceptors (Lipinski definition) is 2. The third-order valence-electron chi connectivity index (χ3n) is 4.39. The van der Waals surface area contributed by atoms with Crippen molar-refractivity contribution in [2.24, 2.45) is 11.7 Å². The van der Waals surface area contributed by atoms with Gasteiger partial charge in [-0.3, -0.25) is 0 Å². The van der Waals surface area contributed by atoms with Gasteiger partial charge in [0.1, 0.15) is 0 Å². The molecule has 1 aromatic carbocycles. The minimum Gasteiger partial charge on any atom is -0.392 e. The van der Waals surface area contributed by atoms with E-state index in [-0.39, 0.29) is 12.0 Å². The van der Waals surface area contributed by atoms with Crippen molar-refractivity contribution in [3.63, 3.8) is 0 Å². The second-order valence-electron chi connectivity index (χ2n) is 5.59. The average Bonchev–Trinajstić information content (AvgIpc) is 2.42. The molecule has 1 aliphatic carbocycles. The number of hydrogen-bond donors (Lipinski definition) is 2. The van der Waals surface area contributed by atoms with Crippen LogP contribution in [0.3, 0.4) is 0 Å². The Morgan fingerprint density at radius 1 is 1.22 bits per heavy atom. The SMILES string of the molecule is Cc1ccccc1C(CN)C(O)C1CCCCC1. The molecule has 0 aliphatic heterocycles. The molecule has 1 saturated carbocycles. The Morgan fingerprint density at radius 2 is 1.89 bits per heavy atom. The smallest absolute Gasteiger partial charge is 0.0649 e. The van der Waals surface area contributed by atoms with Crippen LogP contribution in [-0.2, 0) is 0 Å². The summed E-state index contributed by atoms with van der Waals surface area (Å²) in [6, 6.07) is 8.29. The summed E-state index contributed by atoms with van der Waals surface area (Å²) < 4.78 is 0. The molecule has 0 aromatic heterocycles. The fourth-order valence-electron chi connectivity index (χ4n) is 3.26. The van der Waals surface area contributed by atoms with Gasteiger partial charge in [-0.1, -0.05) is 43.5 Å². The largest absolute Gasteiger partial charge is 0.392 e. The first-order valence-electron chi connectivity index (χ1n) is 7.17. The van der Waals surface area contributed by atoms with Gasteiger partial charge in [-0.05, 0) is 36.8 Å². The molecule has 2 heteroatoms. The van der Waals surface area contributed by atoms with Crippen molar-refractivity contribution in [1.82, 2.24) is 0 Å². The maximum Gasteiger partial charge on any atom is 0.0649 e. The zero-order chi connectivity index (χ0) is 13.0. The van der Waals surface area contributed by atoms with Gasteiger partial charge < -0.3 is 10.8 Å². The molecule has 0 heterocycles. The van der Waals surface area contributed by atoms with Gasteiger partial charge in [0.2, 0.25) is 0 Å². The van der Waals surface area contributed by atoms with Gasteiger partial charge in [-0.15, -0.1) is 0 Å². The standard InChI is InChI=1S/C16H25NO/c1-12-7-5-6-10-14(12)15(11-17)16(18)13-8-3-2-4-9-13/h5-7,10,13,15-16,18H,2-4,8-9,11,17H2,1H3. The van der Waals surface area contributed by atoms with Crippen molar-refractivity contribution in [1.29, 1.82) is 0 Å². The molecular formula is C16H25NO. The maximum absolute atomic E-state index is 10.6. The molecule has 2 rings (SSSR count). The highest BCUT2D eigenvalue weighted by molar-refractivity contribution is 5.30. The van der Waals surface area contributed by atoms with Crippen molar-refractivity contribution in [3.8, 4) is 0 Å². The molecule has 3 N–H and O–H groups in total. The molecule has 1 fully saturated rings. The Bertz CT molecular complexity index is 371. The summed E-state index contributed by atoms with van der Waals surface area (Å²) in [5.41, 5.74) is 8.38. The van der Waals surface area contributed by atoms with Crippen LogP contribution < -0.4 is 5.73 Å². The van der Waals surface area contributed by atoms with E-state index in [0.717, 1.165) is 12.8 Å². The van der Waals surface area contributed by atoms with Crippen molar-refractivity contribution in [2.45, 2.75) is 51.0 Å². The van der Waals surface area contributed by atoms with Gasteiger partial charge in [0, 0.05) is 12.5 Å². The predicted octanol–water partition coefficient (Wildman–Crippen LogP) is 2.98. The van der Waals surface area contributed by atoms with E-state index in [1.165, 1.54) is 30.4 Å². The summed E-state index contributed by atoms with van der Waals surface area (Å²) in [5, 5.41) is 10.6. The molecule has 0 bridgehead atoms. The highest BCUT2D eigenvalue weighted by Crippen LogP contribution is 2.33. The Labute approximate surface area is 110 Å². The van der Waals surface area contributed by atoms with Gasteiger partial charge in [0.15, 0.2) is 0 Å². The fourth-order valence-corrected chi connectivity index (χ4v) is 3.26. The summed E-state index contributed by atoms with van der Waals surface area (Å²) in [6.07, 6.45) is 5.87. The lowest BCUT2D eigenvalue weighted by atomic mass is 9.77. The Hall–Kier alpha value is -0.860. The Morgan fingerprint density at radius 3 is 2.50 bits per heavy atom. The first-order chi connectivity index (χ1) is 8.74. The van der Waals surface area contributed by atoms with Gasteiger partial charge in [-0.25, -0.2) is 0 Å². The molecule has 18 heavy (non-hydrogen) atoms. The molecule has 1 aromatic rings. The average molecular weight is 247 g/mol. The topological polar surface area (TPSA) is 46.2 Å². The van der Waals surface area contributed by atoms with E-state index < -0.39 is 0 Å². The number of rotatable bonds is 4. The van der Waals surface area contributed by atoms with Crippen molar-refractivity contribution in [3.05, 3.63) is 35.4 Å². The Kier molecular flexibility index (Phi) is 4.79. The lowest BCUT2D eigenvalue weighted by Crippen LogP contribution is -2.34. The quantitative estimate of drug-likeness (QED) is 0.859. The van der Waals surface area contributed by atoms with Crippen molar-refractivity contribution < 1.29 is 5.11 Å². The van der Waals surface area contributed by atoms with Crippen LogP contribution in [0.5, 0.6) is 0 Å². The van der Waals surface area contributed by atoms with Crippen LogP contribution in [0, 0.1) is 12.8 Å². The van der Waals surface area contributed by atoms with Gasteiger partial charge >= 0.3 is 0 Å². The monoisotopic (exact) mass is 247 g/mol. The lowest BCUT2D eigenvalue weighted by molar-refractivity contribution is 0.0622. The lowest BCUT2D eigenvalue weighted by Gasteiger charge is -2.32. The number of aliphatic hydroxyl groups is 1. The van der Waals surface area contributed by atoms with E-state index >= 15 is 0 Å². The van der Waals surface area contributed by atoms with E-state index in [0.29, 0.717) is 12.5 Å². The minimum atomic E-state index is -0.281. The molecular weight excluding hydrogens is 222 g/mol. The second kappa shape index (κ2) is 6.35. The number of benzene rings is 1. The highest BCUT2D eigenvalue weighted by Gasteiger charge is 2.29. The predicted molar refractivity (Wildman–Crippen MR) is 75.6 cm³/mol. The molecule has 0 saturated heterocycles. The molecule has 100 valence electrons. The molecule has 1 aliphatic rings. The van der Waals surface area contributed by atoms with Crippen LogP contribution in [0.1, 0.15) is 49.1 Å². The van der Waals surface area contributed by atoms with E-state index in [1.807, 2.05) is 12.1 Å². The molecule has 0 amide bonds. The van der Waals surface area contributed by atoms with Crippen molar-refractivity contribution >= 4 is 0 Å². The summed E-state index contributed by atoms with van der Waals surface area (Å²) in [4.78, 5) is 0. The Balaban J connectivity index is 2.14. The van der Waals surface area contributed by atoms with Crippen LogP contribution in [0.15, 0.2) is 24.3 Å². The summed E-state index contributed by atoms with van der Waals surface area (Å²) in [7, 11) is 0. The van der Waals surface area contributed by atoms with E-state index in [2.05, 4.69) is 19.1 Å². The van der Waals surface area contributed by atoms with Crippen LogP contribution in [0.2, 0.25) is 0 Å². The zero-order valence-corrected chi connectivity index (χ0v) is 11.3. The summed E-state index contributed by atoms with van der Waals surface area (Å²) in [6.45, 7) is 2.63. The molecule has 0 spiro atoms. The number of nitrogens with two attached hydrogens (primary N) is 1. The van der Waals surface area contributed by atoms with Crippen molar-refractivity contribution in [2.75, 3.05) is 6.54 Å². The maximum atomic E-state index is 10.6. The third kappa shape index (κ3) is 2.93. The molecule has 2 unspecified atom stereocenters. The number of aliphatic hydroxyl groups excluding tert-OH is 1. The first-order valence-corrected chi connectivity index (χ1v) is 7.17. The van der Waals surface area contributed by atoms with Gasteiger partial charge in [0.25, 0.3) is 0 Å². The van der Waals surface area contributed by atoms with Gasteiger partial charge in [-0.2, -0.15) is 0 Å². The van der Waals surface area contributed by atoms with E-state index in [4.69, 9.17) is 5.73 Å². The van der Waals surface area contributed by atoms with Crippen LogP contribution in [-0.4, -0.2) is 17.8 Å². The highest BCUT2D eigenvalue weighted by atomic mass is 16.3. The van der Waals surface area contributed by atoms with Crippen LogP contribution in [0.4, 0.5) is 0 Å². The van der Waals surface area contributed by atoms with E-state index in [9.17, 15) is 5.11 Å². The summed E-state index contributed by atoms with van der Waals surface area (Å²) >= 11 is 0. The zero-order valence-electron chi connectivity index (χ0n) is 11.3. The van der Waals surface area contributed by atoms with Crippen LogP contribution in [0.25, 0.3) is 0 Å².